The van der Waals surface area contributed by atoms with Gasteiger partial charge in [0.1, 0.15) is 24.8 Å². The summed E-state index contributed by atoms with van der Waals surface area (Å²) in [6, 6.07) is 9.14. The van der Waals surface area contributed by atoms with Crippen LogP contribution >= 0.6 is 27.5 Å². The summed E-state index contributed by atoms with van der Waals surface area (Å²) in [6.45, 7) is 2.16. The second-order valence-electron chi connectivity index (χ2n) is 9.19. The third-order valence-corrected chi connectivity index (χ3v) is 7.14. The SMILES string of the molecule is O=C1COCCN1c1cc(F)cc(CBr)c1.O=C1COCCN1c1cc(F)cc(Cn2ncc3cnc(Cl)nc32)c1. The number of aromatic nitrogens is 4. The summed E-state index contributed by atoms with van der Waals surface area (Å²) >= 11 is 9.11. The smallest absolute Gasteiger partial charge is 0.253 e. The van der Waals surface area contributed by atoms with Crippen LogP contribution in [0.4, 0.5) is 20.2 Å². The van der Waals surface area contributed by atoms with Crippen LogP contribution in [-0.4, -0.2) is 71.1 Å². The lowest BCUT2D eigenvalue weighted by Crippen LogP contribution is -2.41. The summed E-state index contributed by atoms with van der Waals surface area (Å²) in [4.78, 5) is 34.7. The second kappa shape index (κ2) is 13.0. The van der Waals surface area contributed by atoms with Gasteiger partial charge in [-0.2, -0.15) is 10.1 Å². The molecule has 2 saturated heterocycles. The van der Waals surface area contributed by atoms with Gasteiger partial charge in [-0.1, -0.05) is 15.9 Å². The van der Waals surface area contributed by atoms with E-state index in [0.29, 0.717) is 60.8 Å². The molecule has 2 aliphatic heterocycles. The zero-order chi connectivity index (χ0) is 28.9. The highest BCUT2D eigenvalue weighted by molar-refractivity contribution is 9.08. The van der Waals surface area contributed by atoms with Crippen molar-refractivity contribution in [3.05, 3.63) is 76.8 Å². The van der Waals surface area contributed by atoms with E-state index in [1.165, 1.54) is 29.2 Å². The van der Waals surface area contributed by atoms with E-state index in [1.807, 2.05) is 0 Å². The molecule has 4 aromatic rings. The van der Waals surface area contributed by atoms with E-state index in [1.54, 1.807) is 34.1 Å². The first kappa shape index (κ1) is 29.0. The number of nitrogens with zero attached hydrogens (tertiary/aromatic N) is 6. The summed E-state index contributed by atoms with van der Waals surface area (Å²) in [5.74, 6) is -1.06. The van der Waals surface area contributed by atoms with E-state index in [2.05, 4.69) is 31.0 Å². The van der Waals surface area contributed by atoms with Gasteiger partial charge >= 0.3 is 0 Å². The number of rotatable bonds is 5. The van der Waals surface area contributed by atoms with Gasteiger partial charge in [0, 0.05) is 36.0 Å². The fourth-order valence-electron chi connectivity index (χ4n) is 4.46. The maximum Gasteiger partial charge on any atom is 0.253 e. The topological polar surface area (TPSA) is 103 Å². The molecule has 2 aromatic heterocycles. The van der Waals surface area contributed by atoms with Crippen LogP contribution in [0.15, 0.2) is 48.8 Å². The molecule has 0 bridgehead atoms. The second-order valence-corrected chi connectivity index (χ2v) is 10.1. The maximum atomic E-state index is 14.1. The Bertz CT molecular complexity index is 1590. The maximum absolute atomic E-state index is 14.1. The number of hydrogen-bond donors (Lipinski definition) is 0. The highest BCUT2D eigenvalue weighted by atomic mass is 79.9. The Hall–Kier alpha value is -3.52. The fourth-order valence-corrected chi connectivity index (χ4v) is 4.92. The average molecular weight is 650 g/mol. The highest BCUT2D eigenvalue weighted by Gasteiger charge is 2.22. The Morgan fingerprint density at radius 3 is 2.02 bits per heavy atom. The Morgan fingerprint density at radius 1 is 0.854 bits per heavy atom. The first-order chi connectivity index (χ1) is 19.8. The third-order valence-electron chi connectivity index (χ3n) is 6.31. The molecule has 0 radical (unpaired) electrons. The van der Waals surface area contributed by atoms with Crippen molar-refractivity contribution in [2.45, 2.75) is 11.9 Å². The van der Waals surface area contributed by atoms with E-state index >= 15 is 0 Å². The van der Waals surface area contributed by atoms with Gasteiger partial charge in [-0.25, -0.2) is 18.4 Å². The molecule has 0 spiro atoms. The van der Waals surface area contributed by atoms with Crippen LogP contribution in [0.5, 0.6) is 0 Å². The van der Waals surface area contributed by atoms with Crippen molar-refractivity contribution in [1.29, 1.82) is 0 Å². The predicted octanol–water partition coefficient (Wildman–Crippen LogP) is 4.11. The van der Waals surface area contributed by atoms with Crippen molar-refractivity contribution < 1.29 is 27.8 Å². The molecule has 10 nitrogen and oxygen atoms in total. The molecule has 4 heterocycles. The molecule has 0 aliphatic carbocycles. The van der Waals surface area contributed by atoms with Crippen LogP contribution < -0.4 is 9.80 Å². The Balaban J connectivity index is 0.000000182. The van der Waals surface area contributed by atoms with Gasteiger partial charge in [0.25, 0.3) is 11.8 Å². The number of ether oxygens (including phenoxy) is 2. The number of fused-ring (bicyclic) bond motifs is 1. The molecule has 41 heavy (non-hydrogen) atoms. The molecule has 0 N–H and O–H groups in total. The largest absolute Gasteiger partial charge is 0.370 e. The van der Waals surface area contributed by atoms with Crippen molar-refractivity contribution >= 4 is 61.8 Å². The quantitative estimate of drug-likeness (QED) is 0.237. The summed E-state index contributed by atoms with van der Waals surface area (Å²) in [5.41, 5.74) is 3.15. The summed E-state index contributed by atoms with van der Waals surface area (Å²) in [6.07, 6.45) is 3.20. The van der Waals surface area contributed by atoms with Gasteiger partial charge in [0.15, 0.2) is 5.65 Å². The summed E-state index contributed by atoms with van der Waals surface area (Å²) in [7, 11) is 0. The lowest BCUT2D eigenvalue weighted by atomic mass is 10.1. The van der Waals surface area contributed by atoms with E-state index in [-0.39, 0.29) is 36.1 Å². The van der Waals surface area contributed by atoms with E-state index in [4.69, 9.17) is 21.1 Å². The van der Waals surface area contributed by atoms with Crippen molar-refractivity contribution in [2.75, 3.05) is 49.3 Å². The van der Waals surface area contributed by atoms with Crippen LogP contribution in [0.1, 0.15) is 11.1 Å². The van der Waals surface area contributed by atoms with Crippen molar-refractivity contribution in [3.8, 4) is 0 Å². The number of carbonyl (C=O) groups is 2. The fraction of sp³-hybridized carbons (Fsp3) is 0.296. The average Bonchev–Trinajstić information content (AvgIpc) is 3.34. The van der Waals surface area contributed by atoms with Gasteiger partial charge in [0.2, 0.25) is 5.28 Å². The van der Waals surface area contributed by atoms with Crippen molar-refractivity contribution in [1.82, 2.24) is 19.7 Å². The van der Waals surface area contributed by atoms with Crippen LogP contribution in [0.25, 0.3) is 11.0 Å². The summed E-state index contributed by atoms with van der Waals surface area (Å²) in [5, 5.41) is 5.68. The third kappa shape index (κ3) is 7.04. The molecule has 0 atom stereocenters. The lowest BCUT2D eigenvalue weighted by molar-refractivity contribution is -0.126. The number of alkyl halides is 1. The molecule has 214 valence electrons. The number of hydrogen-bond acceptors (Lipinski definition) is 7. The van der Waals surface area contributed by atoms with Gasteiger partial charge in [-0.05, 0) is 59.1 Å². The zero-order valence-electron chi connectivity index (χ0n) is 21.6. The minimum absolute atomic E-state index is 0.00502. The number of carbonyl (C=O) groups excluding carboxylic acids is 2. The molecule has 6 rings (SSSR count). The zero-order valence-corrected chi connectivity index (χ0v) is 23.9. The molecular weight excluding hydrogens is 626 g/mol. The lowest BCUT2D eigenvalue weighted by Gasteiger charge is -2.27. The molecule has 14 heteroatoms. The number of benzene rings is 2. The first-order valence-electron chi connectivity index (χ1n) is 12.6. The van der Waals surface area contributed by atoms with Crippen molar-refractivity contribution in [2.24, 2.45) is 0 Å². The highest BCUT2D eigenvalue weighted by Crippen LogP contribution is 2.23. The van der Waals surface area contributed by atoms with Gasteiger partial charge in [-0.15, -0.1) is 0 Å². The Labute approximate surface area is 246 Å². The van der Waals surface area contributed by atoms with Gasteiger partial charge in [0.05, 0.1) is 31.3 Å². The van der Waals surface area contributed by atoms with Crippen molar-refractivity contribution in [3.63, 3.8) is 0 Å². The number of anilines is 2. The van der Waals surface area contributed by atoms with E-state index in [9.17, 15) is 18.4 Å². The van der Waals surface area contributed by atoms with Crippen LogP contribution in [0.3, 0.4) is 0 Å². The predicted molar refractivity (Wildman–Crippen MR) is 151 cm³/mol. The Kier molecular flexibility index (Phi) is 9.18. The standard InChI is InChI=1S/C16H13ClFN5O2.C11H11BrFNO2/c17-16-19-6-11-7-20-23(15(11)21-16)8-10-3-12(18)5-13(4-10)22-1-2-25-9-14(22)24;12-6-8-3-9(13)5-10(4-8)14-1-2-16-7-11(14)15/h3-7H,1-2,8-9H2;3-5H,1-2,6-7H2. The van der Waals surface area contributed by atoms with Crippen LogP contribution in [0, 0.1) is 11.6 Å². The molecular formula is C27H24BrClF2N6O4. The first-order valence-corrected chi connectivity index (χ1v) is 14.1. The normalized spacial score (nSPS) is 15.7. The number of morpholine rings is 2. The monoisotopic (exact) mass is 648 g/mol. The molecule has 2 aromatic carbocycles. The Morgan fingerprint density at radius 2 is 1.44 bits per heavy atom. The molecule has 0 saturated carbocycles. The van der Waals surface area contributed by atoms with Gasteiger partial charge in [-0.3, -0.25) is 9.59 Å². The number of amides is 2. The molecule has 0 unspecified atom stereocenters. The van der Waals surface area contributed by atoms with E-state index < -0.39 is 5.82 Å². The molecule has 2 fully saturated rings. The number of halogens is 4. The van der Waals surface area contributed by atoms with E-state index in [0.717, 1.165) is 10.9 Å². The van der Waals surface area contributed by atoms with Crippen LogP contribution in [-0.2, 0) is 30.9 Å². The minimum atomic E-state index is -0.420. The molecule has 2 amide bonds. The summed E-state index contributed by atoms with van der Waals surface area (Å²) < 4.78 is 39.1. The molecule has 2 aliphatic rings. The van der Waals surface area contributed by atoms with Gasteiger partial charge < -0.3 is 19.3 Å². The minimum Gasteiger partial charge on any atom is -0.370 e. The van der Waals surface area contributed by atoms with Crippen LogP contribution in [0.2, 0.25) is 5.28 Å².